The van der Waals surface area contributed by atoms with E-state index in [4.69, 9.17) is 13.9 Å². The second-order valence-electron chi connectivity index (χ2n) is 7.73. The first kappa shape index (κ1) is 22.5. The number of halogens is 1. The minimum Gasteiger partial charge on any atom is -0.493 e. The molecule has 2 aromatic heterocycles. The van der Waals surface area contributed by atoms with Crippen molar-refractivity contribution in [2.45, 2.75) is 25.8 Å². The standard InChI is InChI=1S/C24H20BrN3O5S/c1-4-5-18-26-27-24(34-18)28-20(12-6-8-16(31-2)17(10-12)32-3)19-21(29)14-11-13(25)7-9-15(14)33-22(19)23(28)30/h6-11,20H,4-5H2,1-3H3. The van der Waals surface area contributed by atoms with Gasteiger partial charge in [-0.1, -0.05) is 40.3 Å². The molecule has 8 nitrogen and oxygen atoms in total. The molecule has 1 unspecified atom stereocenters. The molecule has 0 fully saturated rings. The van der Waals surface area contributed by atoms with Crippen molar-refractivity contribution in [3.8, 4) is 11.5 Å². The van der Waals surface area contributed by atoms with Gasteiger partial charge in [-0.25, -0.2) is 0 Å². The number of carbonyl (C=O) groups excluding carboxylic acids is 1. The lowest BCUT2D eigenvalue weighted by molar-refractivity contribution is 0.0970. The first-order chi connectivity index (χ1) is 16.5. The van der Waals surface area contributed by atoms with Crippen molar-refractivity contribution in [2.75, 3.05) is 19.1 Å². The van der Waals surface area contributed by atoms with Gasteiger partial charge in [-0.05, 0) is 42.3 Å². The van der Waals surface area contributed by atoms with E-state index in [1.807, 2.05) is 0 Å². The number of nitrogens with zero attached hydrogens (tertiary/aromatic N) is 3. The number of fused-ring (bicyclic) bond motifs is 2. The van der Waals surface area contributed by atoms with Gasteiger partial charge >= 0.3 is 0 Å². The number of methoxy groups -OCH3 is 2. The van der Waals surface area contributed by atoms with Crippen LogP contribution in [0.1, 0.15) is 46.1 Å². The zero-order valence-corrected chi connectivity index (χ0v) is 21.0. The molecule has 10 heteroatoms. The molecule has 174 valence electrons. The van der Waals surface area contributed by atoms with Gasteiger partial charge in [0, 0.05) is 10.9 Å². The number of amides is 1. The summed E-state index contributed by atoms with van der Waals surface area (Å²) in [6.07, 6.45) is 1.66. The number of benzene rings is 2. The van der Waals surface area contributed by atoms with Gasteiger partial charge in [0.25, 0.3) is 5.91 Å². The number of ether oxygens (including phenoxy) is 2. The fourth-order valence-corrected chi connectivity index (χ4v) is 5.47. The molecule has 5 rings (SSSR count). The van der Waals surface area contributed by atoms with Crippen LogP contribution in [0.5, 0.6) is 11.5 Å². The van der Waals surface area contributed by atoms with Crippen molar-refractivity contribution >= 4 is 49.3 Å². The van der Waals surface area contributed by atoms with Crippen LogP contribution in [-0.2, 0) is 6.42 Å². The molecule has 0 radical (unpaired) electrons. The zero-order valence-electron chi connectivity index (χ0n) is 18.6. The highest BCUT2D eigenvalue weighted by Gasteiger charge is 2.45. The van der Waals surface area contributed by atoms with E-state index in [1.165, 1.54) is 23.3 Å². The number of hydrogen-bond donors (Lipinski definition) is 0. The molecule has 4 aromatic rings. The van der Waals surface area contributed by atoms with Gasteiger partial charge in [0.2, 0.25) is 10.9 Å². The lowest BCUT2D eigenvalue weighted by Crippen LogP contribution is -2.29. The van der Waals surface area contributed by atoms with E-state index in [1.54, 1.807) is 43.5 Å². The fraction of sp³-hybridized carbons (Fsp3) is 0.250. The molecule has 0 spiro atoms. The van der Waals surface area contributed by atoms with Crippen LogP contribution in [0.15, 0.2) is 50.1 Å². The Balaban J connectivity index is 1.77. The second-order valence-corrected chi connectivity index (χ2v) is 9.69. The number of hydrogen-bond acceptors (Lipinski definition) is 8. The quantitative estimate of drug-likeness (QED) is 0.334. The average Bonchev–Trinajstić information content (AvgIpc) is 3.41. The summed E-state index contributed by atoms with van der Waals surface area (Å²) in [7, 11) is 3.08. The molecule has 2 aromatic carbocycles. The summed E-state index contributed by atoms with van der Waals surface area (Å²) in [6.45, 7) is 2.05. The lowest BCUT2D eigenvalue weighted by atomic mass is 9.98. The molecular formula is C24H20BrN3O5S. The molecule has 1 aliphatic heterocycles. The Hall–Kier alpha value is -3.24. The van der Waals surface area contributed by atoms with Crippen LogP contribution < -0.4 is 19.8 Å². The van der Waals surface area contributed by atoms with E-state index >= 15 is 0 Å². The van der Waals surface area contributed by atoms with Gasteiger partial charge in [-0.15, -0.1) is 10.2 Å². The number of aryl methyl sites for hydroxylation is 1. The van der Waals surface area contributed by atoms with Crippen molar-refractivity contribution < 1.29 is 18.7 Å². The lowest BCUT2D eigenvalue weighted by Gasteiger charge is -2.23. The topological polar surface area (TPSA) is 94.8 Å². The van der Waals surface area contributed by atoms with E-state index in [0.29, 0.717) is 33.2 Å². The average molecular weight is 542 g/mol. The van der Waals surface area contributed by atoms with Crippen LogP contribution in [0, 0.1) is 0 Å². The summed E-state index contributed by atoms with van der Waals surface area (Å²) in [5.41, 5.74) is 0.998. The summed E-state index contributed by atoms with van der Waals surface area (Å²) in [6, 6.07) is 9.69. The Labute approximate surface area is 207 Å². The van der Waals surface area contributed by atoms with Crippen molar-refractivity contribution in [3.05, 3.63) is 73.0 Å². The maximum Gasteiger partial charge on any atom is 0.297 e. The van der Waals surface area contributed by atoms with Gasteiger partial charge < -0.3 is 13.9 Å². The highest BCUT2D eigenvalue weighted by atomic mass is 79.9. The van der Waals surface area contributed by atoms with Gasteiger partial charge in [0.15, 0.2) is 16.9 Å². The van der Waals surface area contributed by atoms with E-state index in [-0.39, 0.29) is 16.8 Å². The number of rotatable bonds is 6. The van der Waals surface area contributed by atoms with Crippen LogP contribution >= 0.6 is 27.3 Å². The predicted molar refractivity (Wildman–Crippen MR) is 132 cm³/mol. The van der Waals surface area contributed by atoms with E-state index in [0.717, 1.165) is 22.3 Å². The molecule has 1 atom stereocenters. The largest absolute Gasteiger partial charge is 0.493 e. The zero-order chi connectivity index (χ0) is 24.0. The van der Waals surface area contributed by atoms with Crippen LogP contribution in [-0.4, -0.2) is 30.3 Å². The summed E-state index contributed by atoms with van der Waals surface area (Å²) in [5, 5.41) is 10.1. The molecule has 3 heterocycles. The Morgan fingerprint density at radius 2 is 1.88 bits per heavy atom. The van der Waals surface area contributed by atoms with Crippen LogP contribution in [0.4, 0.5) is 5.13 Å². The predicted octanol–water partition coefficient (Wildman–Crippen LogP) is 5.13. The summed E-state index contributed by atoms with van der Waals surface area (Å²) < 4.78 is 17.6. The van der Waals surface area contributed by atoms with E-state index in [2.05, 4.69) is 33.1 Å². The summed E-state index contributed by atoms with van der Waals surface area (Å²) >= 11 is 4.75. The van der Waals surface area contributed by atoms with E-state index in [9.17, 15) is 9.59 Å². The maximum atomic E-state index is 13.7. The van der Waals surface area contributed by atoms with Crippen molar-refractivity contribution in [1.29, 1.82) is 0 Å². The van der Waals surface area contributed by atoms with Crippen molar-refractivity contribution in [2.24, 2.45) is 0 Å². The molecular weight excluding hydrogens is 522 g/mol. The Bertz CT molecular complexity index is 1480. The van der Waals surface area contributed by atoms with E-state index < -0.39 is 11.9 Å². The molecule has 0 N–H and O–H groups in total. The van der Waals surface area contributed by atoms with Crippen LogP contribution in [0.2, 0.25) is 0 Å². The molecule has 1 aliphatic rings. The van der Waals surface area contributed by atoms with Gasteiger partial charge in [-0.2, -0.15) is 0 Å². The molecule has 0 saturated carbocycles. The van der Waals surface area contributed by atoms with Crippen molar-refractivity contribution in [3.63, 3.8) is 0 Å². The third-order valence-corrected chi connectivity index (χ3v) is 7.16. The molecule has 34 heavy (non-hydrogen) atoms. The van der Waals surface area contributed by atoms with Crippen molar-refractivity contribution in [1.82, 2.24) is 10.2 Å². The van der Waals surface area contributed by atoms with Gasteiger partial charge in [-0.3, -0.25) is 14.5 Å². The smallest absolute Gasteiger partial charge is 0.297 e. The van der Waals surface area contributed by atoms with Crippen LogP contribution in [0.25, 0.3) is 11.0 Å². The molecule has 0 saturated heterocycles. The Morgan fingerprint density at radius 1 is 1.09 bits per heavy atom. The van der Waals surface area contributed by atoms with Gasteiger partial charge in [0.1, 0.15) is 10.6 Å². The highest BCUT2D eigenvalue weighted by Crippen LogP contribution is 2.44. The Kier molecular flexibility index (Phi) is 5.86. The minimum absolute atomic E-state index is 0.00634. The summed E-state index contributed by atoms with van der Waals surface area (Å²) in [5.74, 6) is 0.596. The fourth-order valence-electron chi connectivity index (χ4n) is 4.14. The minimum atomic E-state index is -0.760. The first-order valence-electron chi connectivity index (χ1n) is 10.6. The monoisotopic (exact) mass is 541 g/mol. The SMILES string of the molecule is CCCc1nnc(N2C(=O)c3oc4ccc(Br)cc4c(=O)c3C2c2ccc(OC)c(OC)c2)s1. The maximum absolute atomic E-state index is 13.7. The molecule has 0 aliphatic carbocycles. The normalized spacial score (nSPS) is 15.1. The second kappa shape index (κ2) is 8.84. The third kappa shape index (κ3) is 3.57. The first-order valence-corrected chi connectivity index (χ1v) is 12.2. The third-order valence-electron chi connectivity index (χ3n) is 5.68. The molecule has 1 amide bonds. The van der Waals surface area contributed by atoms with Gasteiger partial charge in [0.05, 0.1) is 31.2 Å². The Morgan fingerprint density at radius 3 is 2.62 bits per heavy atom. The van der Waals surface area contributed by atoms with Crippen LogP contribution in [0.3, 0.4) is 0 Å². The summed E-state index contributed by atoms with van der Waals surface area (Å²) in [4.78, 5) is 28.9. The number of carbonyl (C=O) groups is 1. The number of aromatic nitrogens is 2. The number of anilines is 1. The molecule has 0 bridgehead atoms. The highest BCUT2D eigenvalue weighted by molar-refractivity contribution is 9.10.